The summed E-state index contributed by atoms with van der Waals surface area (Å²) in [6.07, 6.45) is 0. The van der Waals surface area contributed by atoms with E-state index in [-0.39, 0.29) is 10.8 Å². The first-order chi connectivity index (χ1) is 13.4. The zero-order chi connectivity index (χ0) is 20.1. The number of anilines is 1. The molecule has 0 heterocycles. The van der Waals surface area contributed by atoms with Gasteiger partial charge in [-0.2, -0.15) is 0 Å². The third-order valence-electron chi connectivity index (χ3n) is 4.49. The standard InChI is InChI=1S/C22H22N2O3S/c1-23(17-18-9-5-3-6-10-18)22(25)19-13-15-20(16-14-19)24(2)28(26,27)21-11-7-4-8-12-21/h3-16H,17H2,1-2H3. The van der Waals surface area contributed by atoms with Gasteiger partial charge in [0.05, 0.1) is 10.6 Å². The van der Waals surface area contributed by atoms with E-state index in [1.807, 2.05) is 30.3 Å². The lowest BCUT2D eigenvalue weighted by atomic mass is 10.1. The van der Waals surface area contributed by atoms with E-state index in [1.165, 1.54) is 11.4 Å². The van der Waals surface area contributed by atoms with E-state index >= 15 is 0 Å². The monoisotopic (exact) mass is 394 g/mol. The first kappa shape index (κ1) is 19.6. The van der Waals surface area contributed by atoms with Crippen LogP contribution in [0.4, 0.5) is 5.69 Å². The molecule has 0 aliphatic rings. The molecule has 0 saturated heterocycles. The summed E-state index contributed by atoms with van der Waals surface area (Å²) in [6, 6.07) is 24.6. The zero-order valence-corrected chi connectivity index (χ0v) is 16.6. The van der Waals surface area contributed by atoms with Crippen LogP contribution in [0.5, 0.6) is 0 Å². The normalized spacial score (nSPS) is 11.1. The van der Waals surface area contributed by atoms with Gasteiger partial charge in [0.2, 0.25) is 0 Å². The lowest BCUT2D eigenvalue weighted by Crippen LogP contribution is -2.27. The smallest absolute Gasteiger partial charge is 0.264 e. The second-order valence-electron chi connectivity index (χ2n) is 6.48. The molecule has 5 nitrogen and oxygen atoms in total. The lowest BCUT2D eigenvalue weighted by molar-refractivity contribution is 0.0785. The largest absolute Gasteiger partial charge is 0.337 e. The summed E-state index contributed by atoms with van der Waals surface area (Å²) in [6.45, 7) is 0.504. The number of hydrogen-bond acceptors (Lipinski definition) is 3. The summed E-state index contributed by atoms with van der Waals surface area (Å²) < 4.78 is 26.6. The highest BCUT2D eigenvalue weighted by molar-refractivity contribution is 7.92. The van der Waals surface area contributed by atoms with Crippen LogP contribution in [0.2, 0.25) is 0 Å². The fraction of sp³-hybridized carbons (Fsp3) is 0.136. The molecular weight excluding hydrogens is 372 g/mol. The van der Waals surface area contributed by atoms with Gasteiger partial charge in [0, 0.05) is 26.2 Å². The van der Waals surface area contributed by atoms with Gasteiger partial charge in [-0.15, -0.1) is 0 Å². The van der Waals surface area contributed by atoms with Crippen molar-refractivity contribution in [2.45, 2.75) is 11.4 Å². The predicted molar refractivity (Wildman–Crippen MR) is 111 cm³/mol. The molecule has 3 aromatic rings. The van der Waals surface area contributed by atoms with E-state index in [1.54, 1.807) is 66.5 Å². The number of rotatable bonds is 6. The van der Waals surface area contributed by atoms with Gasteiger partial charge < -0.3 is 4.90 Å². The molecule has 3 aromatic carbocycles. The van der Waals surface area contributed by atoms with Gasteiger partial charge in [0.25, 0.3) is 15.9 Å². The maximum Gasteiger partial charge on any atom is 0.264 e. The Bertz CT molecular complexity index is 1030. The van der Waals surface area contributed by atoms with Crippen LogP contribution in [-0.4, -0.2) is 33.3 Å². The molecule has 0 atom stereocenters. The van der Waals surface area contributed by atoms with Crippen LogP contribution >= 0.6 is 0 Å². The van der Waals surface area contributed by atoms with E-state index in [0.29, 0.717) is 17.8 Å². The number of nitrogens with zero attached hydrogens (tertiary/aromatic N) is 2. The molecule has 144 valence electrons. The van der Waals surface area contributed by atoms with Crippen LogP contribution in [0.25, 0.3) is 0 Å². The minimum Gasteiger partial charge on any atom is -0.337 e. The number of benzene rings is 3. The van der Waals surface area contributed by atoms with E-state index in [9.17, 15) is 13.2 Å². The van der Waals surface area contributed by atoms with Gasteiger partial charge >= 0.3 is 0 Å². The highest BCUT2D eigenvalue weighted by atomic mass is 32.2. The average molecular weight is 394 g/mol. The molecule has 1 amide bonds. The Balaban J connectivity index is 1.75. The maximum absolute atomic E-state index is 12.7. The predicted octanol–water partition coefficient (Wildman–Crippen LogP) is 3.78. The molecule has 0 fully saturated rings. The van der Waals surface area contributed by atoms with Gasteiger partial charge in [-0.25, -0.2) is 8.42 Å². The van der Waals surface area contributed by atoms with Crippen LogP contribution in [-0.2, 0) is 16.6 Å². The molecule has 0 aromatic heterocycles. The molecule has 0 aliphatic heterocycles. The summed E-state index contributed by atoms with van der Waals surface area (Å²) in [5.41, 5.74) is 2.04. The average Bonchev–Trinajstić information content (AvgIpc) is 2.74. The molecule has 0 bridgehead atoms. The van der Waals surface area contributed by atoms with Crippen LogP contribution in [0.3, 0.4) is 0 Å². The molecule has 0 aliphatic carbocycles. The molecule has 0 N–H and O–H groups in total. The number of sulfonamides is 1. The number of amides is 1. The van der Waals surface area contributed by atoms with E-state index in [0.717, 1.165) is 5.56 Å². The molecule has 3 rings (SSSR count). The summed E-state index contributed by atoms with van der Waals surface area (Å²) in [5.74, 6) is -0.121. The second kappa shape index (κ2) is 8.27. The lowest BCUT2D eigenvalue weighted by Gasteiger charge is -2.21. The van der Waals surface area contributed by atoms with E-state index < -0.39 is 10.0 Å². The summed E-state index contributed by atoms with van der Waals surface area (Å²) in [7, 11) is -0.398. The molecule has 0 radical (unpaired) electrons. The third kappa shape index (κ3) is 4.23. The molecular formula is C22H22N2O3S. The Morgan fingerprint density at radius 3 is 1.89 bits per heavy atom. The number of hydrogen-bond donors (Lipinski definition) is 0. The number of carbonyl (C=O) groups is 1. The van der Waals surface area contributed by atoms with Gasteiger partial charge in [0.15, 0.2) is 0 Å². The molecule has 0 spiro atoms. The SMILES string of the molecule is CN(Cc1ccccc1)C(=O)c1ccc(N(C)S(=O)(=O)c2ccccc2)cc1. The third-order valence-corrected chi connectivity index (χ3v) is 6.29. The first-order valence-corrected chi connectivity index (χ1v) is 10.3. The van der Waals surface area contributed by atoms with E-state index in [2.05, 4.69) is 0 Å². The van der Waals surface area contributed by atoms with Crippen LogP contribution < -0.4 is 4.31 Å². The Hall–Kier alpha value is -3.12. The summed E-state index contributed by atoms with van der Waals surface area (Å²) in [4.78, 5) is 14.5. The van der Waals surface area contributed by atoms with Crippen LogP contribution in [0.15, 0.2) is 89.8 Å². The van der Waals surface area contributed by atoms with Crippen molar-refractivity contribution in [1.29, 1.82) is 0 Å². The Labute approximate surface area is 165 Å². The van der Waals surface area contributed by atoms with Crippen LogP contribution in [0, 0.1) is 0 Å². The minimum absolute atomic E-state index is 0.121. The Morgan fingerprint density at radius 2 is 1.32 bits per heavy atom. The highest BCUT2D eigenvalue weighted by Gasteiger charge is 2.21. The summed E-state index contributed by atoms with van der Waals surface area (Å²) >= 11 is 0. The quantitative estimate of drug-likeness (QED) is 0.639. The maximum atomic E-state index is 12.7. The fourth-order valence-corrected chi connectivity index (χ4v) is 4.07. The van der Waals surface area contributed by atoms with Crippen molar-refractivity contribution in [2.75, 3.05) is 18.4 Å². The first-order valence-electron chi connectivity index (χ1n) is 8.83. The topological polar surface area (TPSA) is 57.7 Å². The van der Waals surface area contributed by atoms with Crippen molar-refractivity contribution < 1.29 is 13.2 Å². The van der Waals surface area contributed by atoms with Gasteiger partial charge in [-0.3, -0.25) is 9.10 Å². The molecule has 6 heteroatoms. The van der Waals surface area contributed by atoms with Crippen molar-refractivity contribution in [3.8, 4) is 0 Å². The van der Waals surface area contributed by atoms with Crippen molar-refractivity contribution in [3.05, 3.63) is 96.1 Å². The van der Waals surface area contributed by atoms with Gasteiger partial charge in [-0.05, 0) is 42.0 Å². The van der Waals surface area contributed by atoms with Crippen molar-refractivity contribution in [3.63, 3.8) is 0 Å². The second-order valence-corrected chi connectivity index (χ2v) is 8.45. The number of carbonyl (C=O) groups excluding carboxylic acids is 1. The van der Waals surface area contributed by atoms with Crippen molar-refractivity contribution in [2.24, 2.45) is 0 Å². The minimum atomic E-state index is -3.64. The Morgan fingerprint density at radius 1 is 0.786 bits per heavy atom. The van der Waals surface area contributed by atoms with Crippen molar-refractivity contribution in [1.82, 2.24) is 4.90 Å². The van der Waals surface area contributed by atoms with Gasteiger partial charge in [0.1, 0.15) is 0 Å². The summed E-state index contributed by atoms with van der Waals surface area (Å²) in [5, 5.41) is 0. The fourth-order valence-electron chi connectivity index (χ4n) is 2.85. The molecule has 0 saturated carbocycles. The van der Waals surface area contributed by atoms with E-state index in [4.69, 9.17) is 0 Å². The highest BCUT2D eigenvalue weighted by Crippen LogP contribution is 2.22. The zero-order valence-electron chi connectivity index (χ0n) is 15.8. The van der Waals surface area contributed by atoms with Gasteiger partial charge in [-0.1, -0.05) is 48.5 Å². The molecule has 28 heavy (non-hydrogen) atoms. The van der Waals surface area contributed by atoms with Crippen molar-refractivity contribution >= 4 is 21.6 Å². The Kier molecular flexibility index (Phi) is 5.80. The van der Waals surface area contributed by atoms with Crippen LogP contribution in [0.1, 0.15) is 15.9 Å². The molecule has 0 unspecified atom stereocenters.